The van der Waals surface area contributed by atoms with Gasteiger partial charge in [-0.15, -0.1) is 0 Å². The average Bonchev–Trinajstić information content (AvgIpc) is 2.54. The van der Waals surface area contributed by atoms with Crippen molar-refractivity contribution in [1.29, 1.82) is 0 Å². The van der Waals surface area contributed by atoms with Gasteiger partial charge < -0.3 is 9.84 Å². The zero-order chi connectivity index (χ0) is 17.3. The Kier molecular flexibility index (Phi) is 4.18. The smallest absolute Gasteiger partial charge is 0.364 e. The lowest BCUT2D eigenvalue weighted by Crippen LogP contribution is -2.10. The van der Waals surface area contributed by atoms with Gasteiger partial charge in [0.15, 0.2) is 0 Å². The first-order valence-corrected chi connectivity index (χ1v) is 8.22. The van der Waals surface area contributed by atoms with E-state index in [1.165, 1.54) is 5.56 Å². The van der Waals surface area contributed by atoms with Gasteiger partial charge in [-0.05, 0) is 54.3 Å². The Labute approximate surface area is 142 Å². The summed E-state index contributed by atoms with van der Waals surface area (Å²) in [6, 6.07) is 15.1. The maximum absolute atomic E-state index is 9.47. The number of phenols is 1. The summed E-state index contributed by atoms with van der Waals surface area (Å²) in [7, 11) is 0. The van der Waals surface area contributed by atoms with Gasteiger partial charge in [0, 0.05) is 6.07 Å². The molecule has 0 atom stereocenters. The Morgan fingerprint density at radius 1 is 1.00 bits per heavy atom. The molecular formula is C21H23O3+. The highest BCUT2D eigenvalue weighted by molar-refractivity contribution is 5.86. The second kappa shape index (κ2) is 6.16. The zero-order valence-electron chi connectivity index (χ0n) is 14.6. The average molecular weight is 323 g/mol. The molecule has 24 heavy (non-hydrogen) atoms. The van der Waals surface area contributed by atoms with E-state index in [1.54, 1.807) is 12.1 Å². The predicted molar refractivity (Wildman–Crippen MR) is 97.6 cm³/mol. The Morgan fingerprint density at radius 3 is 2.33 bits per heavy atom. The molecule has 2 aromatic carbocycles. The molecule has 0 radical (unpaired) electrons. The van der Waals surface area contributed by atoms with E-state index in [0.717, 1.165) is 28.0 Å². The summed E-state index contributed by atoms with van der Waals surface area (Å²) in [5.74, 6) is 1.77. The minimum atomic E-state index is 0.0628. The fourth-order valence-electron chi connectivity index (χ4n) is 2.67. The van der Waals surface area contributed by atoms with Crippen LogP contribution in [-0.2, 0) is 5.41 Å². The molecule has 1 N–H and O–H groups in total. The first kappa shape index (κ1) is 16.3. The van der Waals surface area contributed by atoms with E-state index in [0.29, 0.717) is 6.61 Å². The number of rotatable bonds is 3. The van der Waals surface area contributed by atoms with Crippen LogP contribution in [0.3, 0.4) is 0 Å². The number of phenolic OH excluding ortho intramolecular Hbond substituents is 1. The van der Waals surface area contributed by atoms with Crippen LogP contribution in [0, 0.1) is 0 Å². The molecule has 3 nitrogen and oxygen atoms in total. The molecule has 1 heterocycles. The first-order valence-electron chi connectivity index (χ1n) is 8.22. The molecule has 0 saturated carbocycles. The van der Waals surface area contributed by atoms with E-state index >= 15 is 0 Å². The zero-order valence-corrected chi connectivity index (χ0v) is 14.6. The van der Waals surface area contributed by atoms with Gasteiger partial charge in [-0.3, -0.25) is 0 Å². The van der Waals surface area contributed by atoms with Gasteiger partial charge in [0.25, 0.3) is 0 Å². The maximum atomic E-state index is 9.47. The van der Waals surface area contributed by atoms with Crippen molar-refractivity contribution in [2.24, 2.45) is 0 Å². The van der Waals surface area contributed by atoms with Gasteiger partial charge in [-0.2, -0.15) is 0 Å². The summed E-state index contributed by atoms with van der Waals surface area (Å²) in [6.07, 6.45) is 0. The molecule has 0 fully saturated rings. The van der Waals surface area contributed by atoms with E-state index in [9.17, 15) is 5.11 Å². The summed E-state index contributed by atoms with van der Waals surface area (Å²) in [5.41, 5.74) is 2.99. The topological polar surface area (TPSA) is 40.8 Å². The molecule has 0 aliphatic heterocycles. The molecule has 0 amide bonds. The number of benzene rings is 2. The van der Waals surface area contributed by atoms with E-state index in [1.807, 2.05) is 31.2 Å². The Balaban J connectivity index is 2.19. The minimum Gasteiger partial charge on any atom is -0.508 e. The van der Waals surface area contributed by atoms with Gasteiger partial charge in [-0.1, -0.05) is 20.8 Å². The van der Waals surface area contributed by atoms with Crippen LogP contribution in [0.15, 0.2) is 52.9 Å². The van der Waals surface area contributed by atoms with Crippen molar-refractivity contribution in [2.75, 3.05) is 6.61 Å². The molecule has 3 heteroatoms. The largest absolute Gasteiger partial charge is 0.508 e. The van der Waals surface area contributed by atoms with Crippen LogP contribution in [-0.4, -0.2) is 11.7 Å². The van der Waals surface area contributed by atoms with Gasteiger partial charge in [-0.25, -0.2) is 4.42 Å². The molecule has 1 aromatic heterocycles. The Morgan fingerprint density at radius 2 is 1.71 bits per heavy atom. The third kappa shape index (κ3) is 3.21. The van der Waals surface area contributed by atoms with Crippen molar-refractivity contribution < 1.29 is 14.3 Å². The lowest BCUT2D eigenvalue weighted by molar-refractivity contribution is 0.342. The van der Waals surface area contributed by atoms with Crippen molar-refractivity contribution in [3.8, 4) is 22.8 Å². The Hall–Kier alpha value is -2.55. The van der Waals surface area contributed by atoms with Gasteiger partial charge in [0.05, 0.1) is 18.2 Å². The highest BCUT2D eigenvalue weighted by Crippen LogP contribution is 2.36. The summed E-state index contributed by atoms with van der Waals surface area (Å²) in [5, 5.41) is 10.4. The van der Waals surface area contributed by atoms with E-state index in [-0.39, 0.29) is 11.2 Å². The molecule has 0 aliphatic carbocycles. The van der Waals surface area contributed by atoms with Gasteiger partial charge in [0.2, 0.25) is 0 Å². The fourth-order valence-corrected chi connectivity index (χ4v) is 2.67. The van der Waals surface area contributed by atoms with E-state index in [2.05, 4.69) is 32.9 Å². The Bertz CT molecular complexity index is 859. The summed E-state index contributed by atoms with van der Waals surface area (Å²) in [4.78, 5) is 0. The number of ether oxygens (including phenoxy) is 1. The van der Waals surface area contributed by atoms with E-state index < -0.39 is 0 Å². The molecule has 0 aliphatic rings. The molecule has 124 valence electrons. The molecular weight excluding hydrogens is 300 g/mol. The predicted octanol–water partition coefficient (Wildman–Crippen LogP) is 5.78. The lowest BCUT2D eigenvalue weighted by Gasteiger charge is -2.18. The van der Waals surface area contributed by atoms with Crippen LogP contribution in [0.1, 0.15) is 33.3 Å². The normalized spacial score (nSPS) is 11.7. The highest BCUT2D eigenvalue weighted by atomic mass is 16.5. The molecule has 0 bridgehead atoms. The number of hydrogen-bond donors (Lipinski definition) is 1. The lowest BCUT2D eigenvalue weighted by atomic mass is 9.86. The summed E-state index contributed by atoms with van der Waals surface area (Å²) >= 11 is 0. The van der Waals surface area contributed by atoms with Crippen LogP contribution in [0.2, 0.25) is 0 Å². The molecule has 3 aromatic rings. The molecule has 3 rings (SSSR count). The number of aromatic hydroxyl groups is 1. The third-order valence-electron chi connectivity index (χ3n) is 4.04. The van der Waals surface area contributed by atoms with Crippen molar-refractivity contribution in [3.63, 3.8) is 0 Å². The monoisotopic (exact) mass is 323 g/mol. The van der Waals surface area contributed by atoms with Crippen LogP contribution in [0.4, 0.5) is 0 Å². The van der Waals surface area contributed by atoms with E-state index in [4.69, 9.17) is 9.15 Å². The number of hydrogen-bond acceptors (Lipinski definition) is 2. The summed E-state index contributed by atoms with van der Waals surface area (Å²) < 4.78 is 11.9. The van der Waals surface area contributed by atoms with Crippen LogP contribution in [0.5, 0.6) is 11.5 Å². The van der Waals surface area contributed by atoms with Crippen LogP contribution in [0.25, 0.3) is 22.3 Å². The van der Waals surface area contributed by atoms with Crippen molar-refractivity contribution in [2.45, 2.75) is 33.1 Å². The molecule has 0 spiro atoms. The van der Waals surface area contributed by atoms with Crippen LogP contribution >= 0.6 is 0 Å². The maximum Gasteiger partial charge on any atom is 0.364 e. The minimum absolute atomic E-state index is 0.0628. The van der Waals surface area contributed by atoms with Gasteiger partial charge in [0.1, 0.15) is 16.9 Å². The molecule has 0 unspecified atom stereocenters. The fraction of sp³-hybridized carbons (Fsp3) is 0.286. The SMILES string of the molecule is CCOc1cc(-c2ccc(O)cc2)[o+]c2ccc(C(C)(C)C)cc12. The highest BCUT2D eigenvalue weighted by Gasteiger charge is 2.23. The second-order valence-electron chi connectivity index (χ2n) is 6.92. The standard InChI is InChI=1S/C21H22O3/c1-5-23-20-13-19(14-6-9-16(22)10-7-14)24-18-11-8-15(12-17(18)20)21(2,3)4/h6-13H,5H2,1-4H3/p+1. The van der Waals surface area contributed by atoms with Crippen molar-refractivity contribution in [3.05, 3.63) is 54.1 Å². The third-order valence-corrected chi connectivity index (χ3v) is 4.04. The van der Waals surface area contributed by atoms with Crippen LogP contribution < -0.4 is 4.74 Å². The quantitative estimate of drug-likeness (QED) is 0.621. The van der Waals surface area contributed by atoms with Gasteiger partial charge >= 0.3 is 11.3 Å². The first-order chi connectivity index (χ1) is 11.4. The number of fused-ring (bicyclic) bond motifs is 1. The summed E-state index contributed by atoms with van der Waals surface area (Å²) in [6.45, 7) is 9.14. The van der Waals surface area contributed by atoms with Crippen molar-refractivity contribution >= 4 is 11.0 Å². The van der Waals surface area contributed by atoms with Crippen molar-refractivity contribution in [1.82, 2.24) is 0 Å². The second-order valence-corrected chi connectivity index (χ2v) is 6.92. The molecule has 0 saturated heterocycles.